The zero-order valence-corrected chi connectivity index (χ0v) is 19.1. The van der Waals surface area contributed by atoms with Crippen molar-refractivity contribution in [1.82, 2.24) is 4.90 Å². The van der Waals surface area contributed by atoms with Crippen molar-refractivity contribution in [3.8, 4) is 17.2 Å². The smallest absolute Gasteiger partial charge is 0.261 e. The molecule has 0 radical (unpaired) electrons. The normalized spacial score (nSPS) is 13.9. The van der Waals surface area contributed by atoms with Crippen LogP contribution in [-0.2, 0) is 11.3 Å². The number of nitrogens with one attached hydrogen (secondary N) is 1. The van der Waals surface area contributed by atoms with Crippen LogP contribution in [0.3, 0.4) is 0 Å². The molecule has 4 rings (SSSR count). The minimum absolute atomic E-state index is 0.101. The number of carbonyl (C=O) groups is 2. The number of carbonyl (C=O) groups excluding carboxylic acids is 2. The summed E-state index contributed by atoms with van der Waals surface area (Å²) < 4.78 is 29.5. The van der Waals surface area contributed by atoms with Gasteiger partial charge < -0.3 is 24.4 Å². The average Bonchev–Trinajstić information content (AvgIpc) is 3.02. The van der Waals surface area contributed by atoms with Crippen LogP contribution in [0.2, 0.25) is 0 Å². The van der Waals surface area contributed by atoms with Gasteiger partial charge in [0.2, 0.25) is 0 Å². The molecule has 1 aliphatic heterocycles. The average molecular weight is 464 g/mol. The molecule has 7 nitrogen and oxygen atoms in total. The molecule has 0 aliphatic carbocycles. The lowest BCUT2D eigenvalue weighted by Gasteiger charge is -2.28. The Morgan fingerprint density at radius 3 is 2.47 bits per heavy atom. The second-order valence-electron chi connectivity index (χ2n) is 7.88. The molecule has 8 heteroatoms. The molecule has 1 N–H and O–H groups in total. The highest BCUT2D eigenvalue weighted by atomic mass is 19.1. The van der Waals surface area contributed by atoms with Crippen molar-refractivity contribution in [3.63, 3.8) is 0 Å². The summed E-state index contributed by atoms with van der Waals surface area (Å²) >= 11 is 0. The molecule has 0 spiro atoms. The van der Waals surface area contributed by atoms with Gasteiger partial charge in [-0.3, -0.25) is 9.59 Å². The summed E-state index contributed by atoms with van der Waals surface area (Å²) in [5.41, 5.74) is 2.54. The number of benzene rings is 3. The predicted octanol–water partition coefficient (Wildman–Crippen LogP) is 4.58. The minimum Gasteiger partial charge on any atom is -0.493 e. The molecule has 0 aromatic heterocycles. The Labute approximate surface area is 197 Å². The van der Waals surface area contributed by atoms with Gasteiger partial charge in [-0.15, -0.1) is 0 Å². The van der Waals surface area contributed by atoms with Gasteiger partial charge >= 0.3 is 0 Å². The van der Waals surface area contributed by atoms with E-state index in [2.05, 4.69) is 5.32 Å². The Bertz CT molecular complexity index is 1210. The van der Waals surface area contributed by atoms with Crippen LogP contribution in [-0.4, -0.2) is 37.5 Å². The fourth-order valence-electron chi connectivity index (χ4n) is 3.87. The van der Waals surface area contributed by atoms with E-state index in [4.69, 9.17) is 14.2 Å². The van der Waals surface area contributed by atoms with Gasteiger partial charge in [-0.05, 0) is 61.0 Å². The molecule has 1 aliphatic rings. The van der Waals surface area contributed by atoms with Gasteiger partial charge in [-0.1, -0.05) is 12.1 Å². The molecule has 1 atom stereocenters. The van der Waals surface area contributed by atoms with Crippen LogP contribution >= 0.6 is 0 Å². The highest BCUT2D eigenvalue weighted by Gasteiger charge is 2.27. The monoisotopic (exact) mass is 464 g/mol. The first-order valence-corrected chi connectivity index (χ1v) is 10.7. The van der Waals surface area contributed by atoms with Crippen molar-refractivity contribution in [2.24, 2.45) is 0 Å². The SMILES string of the molecule is COc1ccc(C(=O)Nc2ccc3c(c2)CN(C(C)c2ccc(F)cc2)C(=O)CO3)cc1OC. The van der Waals surface area contributed by atoms with Gasteiger partial charge in [-0.2, -0.15) is 0 Å². The summed E-state index contributed by atoms with van der Waals surface area (Å²) in [4.78, 5) is 27.3. The van der Waals surface area contributed by atoms with Crippen LogP contribution in [0.4, 0.5) is 10.1 Å². The maximum atomic E-state index is 13.3. The largest absolute Gasteiger partial charge is 0.493 e. The Morgan fingerprint density at radius 1 is 1.03 bits per heavy atom. The number of nitrogens with zero attached hydrogens (tertiary/aromatic N) is 1. The molecule has 1 heterocycles. The van der Waals surface area contributed by atoms with Crippen LogP contribution in [0.25, 0.3) is 0 Å². The molecule has 0 saturated heterocycles. The lowest BCUT2D eigenvalue weighted by Crippen LogP contribution is -2.34. The predicted molar refractivity (Wildman–Crippen MR) is 125 cm³/mol. The quantitative estimate of drug-likeness (QED) is 0.578. The highest BCUT2D eigenvalue weighted by molar-refractivity contribution is 6.04. The van der Waals surface area contributed by atoms with Crippen LogP contribution in [0.15, 0.2) is 60.7 Å². The minimum atomic E-state index is -0.332. The number of fused-ring (bicyclic) bond motifs is 1. The van der Waals surface area contributed by atoms with Crippen molar-refractivity contribution < 1.29 is 28.2 Å². The standard InChI is InChI=1S/C26H25FN2O5/c1-16(17-4-7-20(27)8-5-17)29-14-19-12-21(9-11-22(19)34-15-25(29)30)28-26(31)18-6-10-23(32-2)24(13-18)33-3/h4-13,16H,14-15H2,1-3H3,(H,28,31). The Kier molecular flexibility index (Phi) is 6.67. The lowest BCUT2D eigenvalue weighted by molar-refractivity contribution is -0.135. The summed E-state index contributed by atoms with van der Waals surface area (Å²) in [5.74, 6) is 0.732. The maximum absolute atomic E-state index is 13.3. The van der Waals surface area contributed by atoms with Crippen molar-refractivity contribution in [1.29, 1.82) is 0 Å². The van der Waals surface area contributed by atoms with E-state index in [0.717, 1.165) is 11.1 Å². The van der Waals surface area contributed by atoms with Gasteiger partial charge in [0, 0.05) is 16.8 Å². The van der Waals surface area contributed by atoms with E-state index in [-0.39, 0.29) is 36.8 Å². The first kappa shape index (κ1) is 23.1. The number of halogens is 1. The van der Waals surface area contributed by atoms with Crippen LogP contribution in [0, 0.1) is 5.82 Å². The maximum Gasteiger partial charge on any atom is 0.261 e. The second kappa shape index (κ2) is 9.82. The topological polar surface area (TPSA) is 77.1 Å². The van der Waals surface area contributed by atoms with E-state index in [1.165, 1.54) is 26.4 Å². The van der Waals surface area contributed by atoms with Gasteiger partial charge in [-0.25, -0.2) is 4.39 Å². The number of amides is 2. The molecule has 3 aromatic carbocycles. The number of hydrogen-bond acceptors (Lipinski definition) is 5. The number of hydrogen-bond donors (Lipinski definition) is 1. The third kappa shape index (κ3) is 4.80. The Morgan fingerprint density at radius 2 is 1.76 bits per heavy atom. The van der Waals surface area contributed by atoms with Gasteiger partial charge in [0.15, 0.2) is 18.1 Å². The third-order valence-electron chi connectivity index (χ3n) is 5.80. The molecular formula is C26H25FN2O5. The molecule has 3 aromatic rings. The number of methoxy groups -OCH3 is 2. The summed E-state index contributed by atoms with van der Waals surface area (Å²) in [6.07, 6.45) is 0. The summed E-state index contributed by atoms with van der Waals surface area (Å²) in [7, 11) is 3.03. The van der Waals surface area contributed by atoms with Crippen molar-refractivity contribution in [2.45, 2.75) is 19.5 Å². The fraction of sp³-hybridized carbons (Fsp3) is 0.231. The van der Waals surface area contributed by atoms with E-state index < -0.39 is 0 Å². The lowest BCUT2D eigenvalue weighted by atomic mass is 10.1. The third-order valence-corrected chi connectivity index (χ3v) is 5.80. The van der Waals surface area contributed by atoms with Crippen molar-refractivity contribution in [3.05, 3.63) is 83.2 Å². The van der Waals surface area contributed by atoms with E-state index in [9.17, 15) is 14.0 Å². The van der Waals surface area contributed by atoms with E-state index >= 15 is 0 Å². The molecule has 2 amide bonds. The van der Waals surface area contributed by atoms with Crippen LogP contribution in [0.1, 0.15) is 34.5 Å². The molecule has 1 unspecified atom stereocenters. The summed E-state index contributed by atoms with van der Waals surface area (Å²) in [6, 6.07) is 16.0. The number of rotatable bonds is 6. The molecule has 34 heavy (non-hydrogen) atoms. The fourth-order valence-corrected chi connectivity index (χ4v) is 3.87. The first-order valence-electron chi connectivity index (χ1n) is 10.7. The Hall–Kier alpha value is -4.07. The second-order valence-corrected chi connectivity index (χ2v) is 7.88. The molecular weight excluding hydrogens is 439 g/mol. The van der Waals surface area contributed by atoms with Gasteiger partial charge in [0.1, 0.15) is 11.6 Å². The number of ether oxygens (including phenoxy) is 3. The van der Waals surface area contributed by atoms with E-state index in [1.54, 1.807) is 53.4 Å². The summed E-state index contributed by atoms with van der Waals surface area (Å²) in [5, 5.41) is 2.87. The van der Waals surface area contributed by atoms with Gasteiger partial charge in [0.25, 0.3) is 11.8 Å². The zero-order valence-electron chi connectivity index (χ0n) is 19.1. The highest BCUT2D eigenvalue weighted by Crippen LogP contribution is 2.32. The van der Waals surface area contributed by atoms with Crippen molar-refractivity contribution >= 4 is 17.5 Å². The summed E-state index contributed by atoms with van der Waals surface area (Å²) in [6.45, 7) is 2.07. The molecule has 0 saturated carbocycles. The molecule has 176 valence electrons. The zero-order chi connectivity index (χ0) is 24.2. The van der Waals surface area contributed by atoms with E-state index in [0.29, 0.717) is 28.5 Å². The van der Waals surface area contributed by atoms with Crippen molar-refractivity contribution in [2.75, 3.05) is 26.1 Å². The van der Waals surface area contributed by atoms with Crippen LogP contribution in [0.5, 0.6) is 17.2 Å². The molecule has 0 fully saturated rings. The van der Waals surface area contributed by atoms with Crippen LogP contribution < -0.4 is 19.5 Å². The molecule has 0 bridgehead atoms. The van der Waals surface area contributed by atoms with E-state index in [1.807, 2.05) is 6.92 Å². The first-order chi connectivity index (χ1) is 16.4. The van der Waals surface area contributed by atoms with Gasteiger partial charge in [0.05, 0.1) is 26.8 Å². The Balaban J connectivity index is 1.55. The number of anilines is 1.